The largest absolute Gasteiger partial charge is 0.469 e. The number of anilines is 1. The van der Waals surface area contributed by atoms with Crippen LogP contribution in [0.5, 0.6) is 0 Å². The van der Waals surface area contributed by atoms with Gasteiger partial charge in [0.2, 0.25) is 0 Å². The molecule has 0 saturated heterocycles. The maximum Gasteiger partial charge on any atom is 0.307 e. The van der Waals surface area contributed by atoms with E-state index in [4.69, 9.17) is 9.84 Å². The Labute approximate surface area is 154 Å². The van der Waals surface area contributed by atoms with Crippen molar-refractivity contribution in [2.24, 2.45) is 11.0 Å². The summed E-state index contributed by atoms with van der Waals surface area (Å²) in [6, 6.07) is 13.9. The predicted molar refractivity (Wildman–Crippen MR) is 99.1 cm³/mol. The second-order valence-electron chi connectivity index (χ2n) is 5.95. The minimum absolute atomic E-state index is 0.00629. The Morgan fingerprint density at radius 1 is 1.20 bits per heavy atom. The molecule has 0 fully saturated rings. The Morgan fingerprint density at radius 2 is 1.84 bits per heavy atom. The first-order chi connectivity index (χ1) is 12.0. The second kappa shape index (κ2) is 7.35. The summed E-state index contributed by atoms with van der Waals surface area (Å²) in [5.74, 6) is -0.575. The lowest BCUT2D eigenvalue weighted by Crippen LogP contribution is -2.34. The molecule has 130 valence electrons. The Bertz CT molecular complexity index is 790. The Kier molecular flexibility index (Phi) is 5.18. The Balaban J connectivity index is 1.98. The van der Waals surface area contributed by atoms with Gasteiger partial charge in [-0.25, -0.2) is 4.39 Å². The number of hydrogen-bond acceptors (Lipinski definition) is 4. The van der Waals surface area contributed by atoms with E-state index in [2.05, 4.69) is 15.9 Å². The fourth-order valence-corrected chi connectivity index (χ4v) is 3.24. The number of carbonyl (C=O) groups is 1. The lowest BCUT2D eigenvalue weighted by molar-refractivity contribution is -0.141. The molecule has 2 atom stereocenters. The summed E-state index contributed by atoms with van der Waals surface area (Å²) in [6.07, 6.45) is 0.224. The van der Waals surface area contributed by atoms with Gasteiger partial charge in [-0.1, -0.05) is 35.0 Å². The van der Waals surface area contributed by atoms with E-state index in [1.807, 2.05) is 36.2 Å². The van der Waals surface area contributed by atoms with Crippen LogP contribution in [0.4, 0.5) is 10.1 Å². The Hall–Kier alpha value is -2.21. The summed E-state index contributed by atoms with van der Waals surface area (Å²) < 4.78 is 19.0. The number of benzene rings is 2. The third-order valence-corrected chi connectivity index (χ3v) is 4.90. The molecule has 4 nitrogen and oxygen atoms in total. The molecule has 0 amide bonds. The van der Waals surface area contributed by atoms with Crippen molar-refractivity contribution < 1.29 is 13.9 Å². The molecule has 0 spiro atoms. The van der Waals surface area contributed by atoms with Crippen LogP contribution in [0, 0.1) is 11.7 Å². The maximum atomic E-state index is 13.2. The van der Waals surface area contributed by atoms with Gasteiger partial charge in [-0.3, -0.25) is 9.80 Å². The third-order valence-electron chi connectivity index (χ3n) is 4.37. The van der Waals surface area contributed by atoms with Crippen LogP contribution in [0.3, 0.4) is 0 Å². The summed E-state index contributed by atoms with van der Waals surface area (Å²) in [4.78, 5) is 11.9. The van der Waals surface area contributed by atoms with E-state index in [-0.39, 0.29) is 30.2 Å². The minimum atomic E-state index is -0.286. The number of carbonyl (C=O) groups excluding carboxylic acids is 1. The van der Waals surface area contributed by atoms with Crippen molar-refractivity contribution in [2.75, 3.05) is 12.1 Å². The summed E-state index contributed by atoms with van der Waals surface area (Å²) in [7, 11) is 1.38. The van der Waals surface area contributed by atoms with Crippen LogP contribution in [0.1, 0.15) is 18.9 Å². The van der Waals surface area contributed by atoms with Gasteiger partial charge in [0.15, 0.2) is 0 Å². The number of rotatable bonds is 4. The van der Waals surface area contributed by atoms with Crippen LogP contribution in [0.2, 0.25) is 0 Å². The van der Waals surface area contributed by atoms with Crippen LogP contribution in [0.15, 0.2) is 58.1 Å². The molecule has 0 aromatic heterocycles. The monoisotopic (exact) mass is 404 g/mol. The molecule has 0 aliphatic carbocycles. The van der Waals surface area contributed by atoms with E-state index < -0.39 is 0 Å². The molecular formula is C19H18BrFN2O2. The van der Waals surface area contributed by atoms with Crippen LogP contribution < -0.4 is 5.01 Å². The summed E-state index contributed by atoms with van der Waals surface area (Å²) in [5.41, 5.74) is 2.57. The second-order valence-corrected chi connectivity index (χ2v) is 6.87. The summed E-state index contributed by atoms with van der Waals surface area (Å²) >= 11 is 3.42. The highest BCUT2D eigenvalue weighted by molar-refractivity contribution is 9.10. The molecule has 0 saturated carbocycles. The lowest BCUT2D eigenvalue weighted by atomic mass is 9.91. The topological polar surface area (TPSA) is 41.9 Å². The van der Waals surface area contributed by atoms with Crippen LogP contribution in [0.25, 0.3) is 0 Å². The number of halogens is 2. The number of hydrazone groups is 1. The highest BCUT2D eigenvalue weighted by Gasteiger charge is 2.37. The molecule has 0 radical (unpaired) electrons. The highest BCUT2D eigenvalue weighted by atomic mass is 79.9. The predicted octanol–water partition coefficient (Wildman–Crippen LogP) is 4.38. The molecule has 0 N–H and O–H groups in total. The molecule has 1 aliphatic rings. The standard InChI is InChI=1S/C19H18BrFN2O2/c1-12-17(11-18(24)25-2)23(16-9-5-14(20)6-10-16)22-19(12)13-3-7-15(21)8-4-13/h3-10,12,17H,11H2,1-2H3/t12-,17-/m0/s1. The van der Waals surface area contributed by atoms with Gasteiger partial charge in [-0.15, -0.1) is 0 Å². The molecule has 2 aromatic carbocycles. The van der Waals surface area contributed by atoms with Gasteiger partial charge in [-0.05, 0) is 42.0 Å². The molecule has 2 aromatic rings. The van der Waals surface area contributed by atoms with Gasteiger partial charge in [0.25, 0.3) is 0 Å². The zero-order valence-electron chi connectivity index (χ0n) is 13.9. The van der Waals surface area contributed by atoms with Crippen molar-refractivity contribution >= 4 is 33.3 Å². The number of nitrogens with zero attached hydrogens (tertiary/aromatic N) is 2. The van der Waals surface area contributed by atoms with Crippen LogP contribution in [-0.4, -0.2) is 24.8 Å². The van der Waals surface area contributed by atoms with Crippen molar-refractivity contribution in [1.29, 1.82) is 0 Å². The normalized spacial score (nSPS) is 19.7. The maximum absolute atomic E-state index is 13.2. The molecular weight excluding hydrogens is 387 g/mol. The highest BCUT2D eigenvalue weighted by Crippen LogP contribution is 2.33. The van der Waals surface area contributed by atoms with E-state index in [1.54, 1.807) is 12.1 Å². The fraction of sp³-hybridized carbons (Fsp3) is 0.263. The quantitative estimate of drug-likeness (QED) is 0.709. The van der Waals surface area contributed by atoms with Gasteiger partial charge in [-0.2, -0.15) is 5.10 Å². The van der Waals surface area contributed by atoms with Crippen molar-refractivity contribution in [3.8, 4) is 0 Å². The van der Waals surface area contributed by atoms with Crippen molar-refractivity contribution in [1.82, 2.24) is 0 Å². The van der Waals surface area contributed by atoms with Gasteiger partial charge in [0.05, 0.1) is 31.0 Å². The van der Waals surface area contributed by atoms with E-state index in [1.165, 1.54) is 19.2 Å². The third kappa shape index (κ3) is 3.74. The molecule has 0 unspecified atom stereocenters. The number of esters is 1. The van der Waals surface area contributed by atoms with Crippen molar-refractivity contribution in [3.63, 3.8) is 0 Å². The number of ether oxygens (including phenoxy) is 1. The average molecular weight is 405 g/mol. The summed E-state index contributed by atoms with van der Waals surface area (Å²) in [5, 5.41) is 6.60. The zero-order valence-corrected chi connectivity index (χ0v) is 15.5. The first-order valence-corrected chi connectivity index (χ1v) is 8.75. The number of hydrogen-bond donors (Lipinski definition) is 0. The van der Waals surface area contributed by atoms with E-state index in [0.717, 1.165) is 21.4 Å². The van der Waals surface area contributed by atoms with Crippen molar-refractivity contribution in [3.05, 3.63) is 64.4 Å². The lowest BCUT2D eigenvalue weighted by Gasteiger charge is -2.25. The smallest absolute Gasteiger partial charge is 0.307 e. The van der Waals surface area contributed by atoms with E-state index >= 15 is 0 Å². The van der Waals surface area contributed by atoms with Gasteiger partial charge in [0, 0.05) is 10.4 Å². The van der Waals surface area contributed by atoms with Gasteiger partial charge < -0.3 is 4.74 Å². The molecule has 0 bridgehead atoms. The Morgan fingerprint density at radius 3 is 2.44 bits per heavy atom. The minimum Gasteiger partial charge on any atom is -0.469 e. The average Bonchev–Trinajstić information content (AvgIpc) is 2.93. The molecule has 3 rings (SSSR count). The van der Waals surface area contributed by atoms with Crippen molar-refractivity contribution in [2.45, 2.75) is 19.4 Å². The van der Waals surface area contributed by atoms with Gasteiger partial charge >= 0.3 is 5.97 Å². The molecule has 1 heterocycles. The molecule has 6 heteroatoms. The van der Waals surface area contributed by atoms with Gasteiger partial charge in [0.1, 0.15) is 5.82 Å². The van der Waals surface area contributed by atoms with Crippen LogP contribution in [-0.2, 0) is 9.53 Å². The SMILES string of the molecule is COC(=O)C[C@H]1[C@H](C)C(c2ccc(F)cc2)=NN1c1ccc(Br)cc1. The zero-order chi connectivity index (χ0) is 18.0. The van der Waals surface area contributed by atoms with Crippen LogP contribution >= 0.6 is 15.9 Å². The molecule has 25 heavy (non-hydrogen) atoms. The van der Waals surface area contributed by atoms with E-state index in [0.29, 0.717) is 0 Å². The summed E-state index contributed by atoms with van der Waals surface area (Å²) in [6.45, 7) is 2.02. The number of methoxy groups -OCH3 is 1. The first-order valence-electron chi connectivity index (χ1n) is 7.95. The fourth-order valence-electron chi connectivity index (χ4n) is 2.98. The first kappa shape index (κ1) is 17.6. The molecule has 1 aliphatic heterocycles. The van der Waals surface area contributed by atoms with E-state index in [9.17, 15) is 9.18 Å².